The number of ether oxygens (including phenoxy) is 2. The quantitative estimate of drug-likeness (QED) is 0.391. The van der Waals surface area contributed by atoms with Gasteiger partial charge in [-0.1, -0.05) is 24.3 Å². The molecule has 0 aliphatic carbocycles. The molecule has 2 heterocycles. The molecule has 3 aromatic rings. The van der Waals surface area contributed by atoms with E-state index in [1.165, 1.54) is 17.0 Å². The number of hydrogen-bond acceptors (Lipinski definition) is 5. The number of rotatable bonds is 11. The van der Waals surface area contributed by atoms with Crippen molar-refractivity contribution in [2.45, 2.75) is 39.0 Å². The largest absolute Gasteiger partial charge is 0.492 e. The Hall–Kier alpha value is -3.85. The lowest BCUT2D eigenvalue weighted by Crippen LogP contribution is -2.46. The van der Waals surface area contributed by atoms with E-state index in [4.69, 9.17) is 13.9 Å². The number of carbonyl (C=O) groups is 2. The van der Waals surface area contributed by atoms with E-state index in [1.807, 2.05) is 19.1 Å². The topological polar surface area (TPSA) is 84.3 Å². The first-order chi connectivity index (χ1) is 18.0. The van der Waals surface area contributed by atoms with E-state index < -0.39 is 6.03 Å². The second-order valence-electron chi connectivity index (χ2n) is 8.83. The summed E-state index contributed by atoms with van der Waals surface area (Å²) >= 11 is 0. The van der Waals surface area contributed by atoms with E-state index in [1.54, 1.807) is 47.6 Å². The van der Waals surface area contributed by atoms with Gasteiger partial charge in [0.05, 0.1) is 31.2 Å². The number of carbonyl (C=O) groups excluding carboxylic acids is 2. The molecule has 196 valence electrons. The van der Waals surface area contributed by atoms with Crippen molar-refractivity contribution in [2.24, 2.45) is 0 Å². The average molecular weight is 510 g/mol. The van der Waals surface area contributed by atoms with Crippen LogP contribution in [0.1, 0.15) is 31.1 Å². The smallest absolute Gasteiger partial charge is 0.322 e. The van der Waals surface area contributed by atoms with Crippen LogP contribution in [0.5, 0.6) is 5.75 Å². The molecule has 0 bridgehead atoms. The molecule has 1 saturated heterocycles. The maximum absolute atomic E-state index is 13.6. The lowest BCUT2D eigenvalue weighted by molar-refractivity contribution is -0.133. The van der Waals surface area contributed by atoms with Crippen LogP contribution in [0.15, 0.2) is 71.3 Å². The van der Waals surface area contributed by atoms with E-state index in [0.29, 0.717) is 30.4 Å². The Balaban J connectivity index is 1.52. The number of hydrogen-bond donors (Lipinski definition) is 1. The van der Waals surface area contributed by atoms with Gasteiger partial charge in [0.2, 0.25) is 5.91 Å². The summed E-state index contributed by atoms with van der Waals surface area (Å²) in [5.74, 6) is 0.542. The molecule has 0 radical (unpaired) electrons. The van der Waals surface area contributed by atoms with Gasteiger partial charge in [0.25, 0.3) is 0 Å². The van der Waals surface area contributed by atoms with Gasteiger partial charge in [-0.05, 0) is 61.7 Å². The monoisotopic (exact) mass is 509 g/mol. The Morgan fingerprint density at radius 2 is 1.86 bits per heavy atom. The summed E-state index contributed by atoms with van der Waals surface area (Å²) in [5, 5.41) is 2.89. The summed E-state index contributed by atoms with van der Waals surface area (Å²) in [6.07, 6.45) is 3.13. The highest BCUT2D eigenvalue weighted by Crippen LogP contribution is 2.24. The standard InChI is InChI=1S/C28H32FN3O5/c1-2-35-26-10-4-3-9-25(26)30-28(34)32(19-24-8-6-16-37-24)20-27(33)31(18-23-7-5-15-36-23)17-21-11-13-22(29)14-12-21/h3-5,7,9-15,24H,2,6,8,16-20H2,1H3,(H,30,34). The van der Waals surface area contributed by atoms with Crippen LogP contribution in [0.2, 0.25) is 0 Å². The van der Waals surface area contributed by atoms with Crippen molar-refractivity contribution < 1.29 is 27.9 Å². The van der Waals surface area contributed by atoms with Gasteiger partial charge in [-0.3, -0.25) is 4.79 Å². The summed E-state index contributed by atoms with van der Waals surface area (Å²) in [5.41, 5.74) is 1.29. The Bertz CT molecular complexity index is 1150. The third-order valence-electron chi connectivity index (χ3n) is 6.06. The summed E-state index contributed by atoms with van der Waals surface area (Å²) in [6, 6.07) is 16.3. The highest BCUT2D eigenvalue weighted by molar-refractivity contribution is 5.93. The fourth-order valence-corrected chi connectivity index (χ4v) is 4.20. The highest BCUT2D eigenvalue weighted by atomic mass is 19.1. The molecule has 2 aromatic carbocycles. The van der Waals surface area contributed by atoms with Crippen molar-refractivity contribution in [3.8, 4) is 5.75 Å². The molecule has 1 atom stereocenters. The first kappa shape index (κ1) is 26.2. The molecule has 1 aliphatic rings. The molecular weight excluding hydrogens is 477 g/mol. The summed E-state index contributed by atoms with van der Waals surface area (Å²) < 4.78 is 30.3. The summed E-state index contributed by atoms with van der Waals surface area (Å²) in [6.45, 7) is 3.53. The van der Waals surface area contributed by atoms with Gasteiger partial charge < -0.3 is 29.0 Å². The number of nitrogens with zero attached hydrogens (tertiary/aromatic N) is 2. The van der Waals surface area contributed by atoms with Gasteiger partial charge in [-0.25, -0.2) is 9.18 Å². The fourth-order valence-electron chi connectivity index (χ4n) is 4.20. The van der Waals surface area contributed by atoms with Crippen LogP contribution >= 0.6 is 0 Å². The SMILES string of the molecule is CCOc1ccccc1NC(=O)N(CC(=O)N(Cc1ccc(F)cc1)Cc1ccco1)CC1CCCO1. The van der Waals surface area contributed by atoms with Crippen LogP contribution in [-0.2, 0) is 22.6 Å². The van der Waals surface area contributed by atoms with Gasteiger partial charge in [0.15, 0.2) is 0 Å². The van der Waals surface area contributed by atoms with Crippen molar-refractivity contribution in [1.29, 1.82) is 0 Å². The predicted octanol–water partition coefficient (Wildman–Crippen LogP) is 5.06. The lowest BCUT2D eigenvalue weighted by atomic mass is 10.2. The van der Waals surface area contributed by atoms with Crippen LogP contribution in [-0.4, -0.2) is 54.1 Å². The van der Waals surface area contributed by atoms with E-state index in [0.717, 1.165) is 18.4 Å². The number of para-hydroxylation sites is 2. The molecule has 1 aliphatic heterocycles. The molecule has 8 nitrogen and oxygen atoms in total. The molecule has 0 spiro atoms. The zero-order valence-corrected chi connectivity index (χ0v) is 20.9. The molecule has 9 heteroatoms. The lowest BCUT2D eigenvalue weighted by Gasteiger charge is -2.29. The zero-order chi connectivity index (χ0) is 26.0. The zero-order valence-electron chi connectivity index (χ0n) is 20.9. The Kier molecular flexibility index (Phi) is 9.15. The molecule has 4 rings (SSSR count). The van der Waals surface area contributed by atoms with Crippen molar-refractivity contribution in [2.75, 3.05) is 31.6 Å². The van der Waals surface area contributed by atoms with Crippen LogP contribution in [0.3, 0.4) is 0 Å². The number of furan rings is 1. The van der Waals surface area contributed by atoms with E-state index in [9.17, 15) is 14.0 Å². The summed E-state index contributed by atoms with van der Waals surface area (Å²) in [7, 11) is 0. The third-order valence-corrected chi connectivity index (χ3v) is 6.06. The molecular formula is C28H32FN3O5. The summed E-state index contributed by atoms with van der Waals surface area (Å²) in [4.78, 5) is 30.0. The fraction of sp³-hybridized carbons (Fsp3) is 0.357. The predicted molar refractivity (Wildman–Crippen MR) is 137 cm³/mol. The molecule has 1 unspecified atom stereocenters. The van der Waals surface area contributed by atoms with Crippen LogP contribution in [0.25, 0.3) is 0 Å². The molecule has 37 heavy (non-hydrogen) atoms. The third kappa shape index (κ3) is 7.57. The minimum atomic E-state index is -0.421. The first-order valence-electron chi connectivity index (χ1n) is 12.5. The molecule has 1 N–H and O–H groups in total. The van der Waals surface area contributed by atoms with E-state index in [-0.39, 0.29) is 44.0 Å². The number of nitrogens with one attached hydrogen (secondary N) is 1. The minimum absolute atomic E-state index is 0.142. The molecule has 0 saturated carbocycles. The number of amides is 3. The van der Waals surface area contributed by atoms with Crippen molar-refractivity contribution in [1.82, 2.24) is 9.80 Å². The van der Waals surface area contributed by atoms with Gasteiger partial charge in [0, 0.05) is 19.7 Å². The van der Waals surface area contributed by atoms with Crippen molar-refractivity contribution in [3.05, 3.63) is 84.1 Å². The van der Waals surface area contributed by atoms with Crippen molar-refractivity contribution >= 4 is 17.6 Å². The van der Waals surface area contributed by atoms with Gasteiger partial charge >= 0.3 is 6.03 Å². The average Bonchev–Trinajstić information content (AvgIpc) is 3.60. The van der Waals surface area contributed by atoms with E-state index >= 15 is 0 Å². The van der Waals surface area contributed by atoms with Gasteiger partial charge in [0.1, 0.15) is 23.9 Å². The van der Waals surface area contributed by atoms with Crippen LogP contribution in [0.4, 0.5) is 14.9 Å². The first-order valence-corrected chi connectivity index (χ1v) is 12.5. The van der Waals surface area contributed by atoms with Gasteiger partial charge in [-0.15, -0.1) is 0 Å². The highest BCUT2D eigenvalue weighted by Gasteiger charge is 2.27. The molecule has 1 aromatic heterocycles. The Morgan fingerprint density at radius 1 is 1.05 bits per heavy atom. The van der Waals surface area contributed by atoms with Gasteiger partial charge in [-0.2, -0.15) is 0 Å². The Labute approximate surface area is 215 Å². The minimum Gasteiger partial charge on any atom is -0.492 e. The van der Waals surface area contributed by atoms with Crippen LogP contribution < -0.4 is 10.1 Å². The number of halogens is 1. The molecule has 3 amide bonds. The number of urea groups is 1. The van der Waals surface area contributed by atoms with Crippen LogP contribution in [0, 0.1) is 5.82 Å². The second-order valence-corrected chi connectivity index (χ2v) is 8.83. The number of anilines is 1. The number of benzene rings is 2. The normalized spacial score (nSPS) is 14.8. The van der Waals surface area contributed by atoms with Crippen molar-refractivity contribution in [3.63, 3.8) is 0 Å². The Morgan fingerprint density at radius 3 is 2.57 bits per heavy atom. The molecule has 1 fully saturated rings. The second kappa shape index (κ2) is 12.9. The maximum Gasteiger partial charge on any atom is 0.322 e. The maximum atomic E-state index is 13.6. The van der Waals surface area contributed by atoms with E-state index in [2.05, 4.69) is 5.32 Å².